The Bertz CT molecular complexity index is 1140. The summed E-state index contributed by atoms with van der Waals surface area (Å²) in [4.78, 5) is 0. The topological polar surface area (TPSA) is 58.1 Å². The molecule has 0 aliphatic rings. The molecule has 3 aromatic carbocycles. The Morgan fingerprint density at radius 1 is 1.03 bits per heavy atom. The number of hydrogen-bond acceptors (Lipinski definition) is 3. The molecule has 6 heteroatoms. The predicted molar refractivity (Wildman–Crippen MR) is 114 cm³/mol. The molecule has 0 saturated heterocycles. The Morgan fingerprint density at radius 2 is 1.76 bits per heavy atom. The van der Waals surface area contributed by atoms with E-state index in [9.17, 15) is 9.50 Å². The molecule has 0 spiro atoms. The van der Waals surface area contributed by atoms with Crippen LogP contribution in [0.5, 0.6) is 11.5 Å². The minimum absolute atomic E-state index is 0.0754. The van der Waals surface area contributed by atoms with Gasteiger partial charge in [-0.25, -0.2) is 4.39 Å². The van der Waals surface area contributed by atoms with Gasteiger partial charge in [-0.1, -0.05) is 40.2 Å². The number of aryl methyl sites for hydroxylation is 1. The van der Waals surface area contributed by atoms with Crippen LogP contribution in [0.2, 0.25) is 0 Å². The smallest absolute Gasteiger partial charge is 0.128 e. The lowest BCUT2D eigenvalue weighted by molar-refractivity contribution is 0.304. The lowest BCUT2D eigenvalue weighted by atomic mass is 9.99. The first-order valence-electron chi connectivity index (χ1n) is 9.03. The molecule has 0 fully saturated rings. The third kappa shape index (κ3) is 4.17. The van der Waals surface area contributed by atoms with Gasteiger partial charge in [-0.3, -0.25) is 5.10 Å². The summed E-state index contributed by atoms with van der Waals surface area (Å²) in [7, 11) is 0. The molecule has 4 rings (SSSR count). The fraction of sp³-hybridized carbons (Fsp3) is 0.0870. The average molecular weight is 453 g/mol. The molecule has 0 atom stereocenters. The number of nitrogens with one attached hydrogen (secondary N) is 1. The molecule has 1 aromatic heterocycles. The third-order valence-electron chi connectivity index (χ3n) is 4.62. The van der Waals surface area contributed by atoms with Crippen LogP contribution < -0.4 is 4.74 Å². The van der Waals surface area contributed by atoms with Gasteiger partial charge in [0.1, 0.15) is 29.6 Å². The highest BCUT2D eigenvalue weighted by Gasteiger charge is 2.17. The van der Waals surface area contributed by atoms with E-state index in [1.807, 2.05) is 31.2 Å². The van der Waals surface area contributed by atoms with Crippen LogP contribution in [0.1, 0.15) is 11.3 Å². The number of aromatic nitrogens is 2. The SMILES string of the molecule is Cc1[nH]nc(-c2ccc(OCc3ccc(F)cc3)cc2O)c1-c1ccc(Br)cc1. The largest absolute Gasteiger partial charge is 0.507 e. The highest BCUT2D eigenvalue weighted by atomic mass is 79.9. The van der Waals surface area contributed by atoms with Gasteiger partial charge >= 0.3 is 0 Å². The minimum Gasteiger partial charge on any atom is -0.507 e. The van der Waals surface area contributed by atoms with Gasteiger partial charge in [-0.05, 0) is 54.4 Å². The zero-order valence-electron chi connectivity index (χ0n) is 15.6. The molecule has 4 nitrogen and oxygen atoms in total. The highest BCUT2D eigenvalue weighted by Crippen LogP contribution is 2.39. The number of nitrogens with zero attached hydrogens (tertiary/aromatic N) is 1. The van der Waals surface area contributed by atoms with Crippen LogP contribution in [0.3, 0.4) is 0 Å². The molecule has 0 aliphatic carbocycles. The van der Waals surface area contributed by atoms with E-state index in [4.69, 9.17) is 4.74 Å². The Hall–Kier alpha value is -3.12. The molecule has 29 heavy (non-hydrogen) atoms. The van der Waals surface area contributed by atoms with E-state index in [-0.39, 0.29) is 18.2 Å². The molecule has 0 amide bonds. The van der Waals surface area contributed by atoms with Crippen molar-refractivity contribution in [2.24, 2.45) is 0 Å². The van der Waals surface area contributed by atoms with Crippen molar-refractivity contribution in [3.8, 4) is 33.9 Å². The standard InChI is InChI=1S/C23H18BrFN2O2/c1-14-22(16-4-6-17(24)7-5-16)23(27-26-14)20-11-10-19(12-21(20)28)29-13-15-2-8-18(25)9-3-15/h2-12,28H,13H2,1H3,(H,26,27). The van der Waals surface area contributed by atoms with Crippen LogP contribution in [0.15, 0.2) is 71.2 Å². The normalized spacial score (nSPS) is 10.9. The molecular formula is C23H18BrFN2O2. The second-order valence-electron chi connectivity index (χ2n) is 6.67. The van der Waals surface area contributed by atoms with E-state index in [2.05, 4.69) is 26.1 Å². The predicted octanol–water partition coefficient (Wildman–Crippen LogP) is 6.24. The van der Waals surface area contributed by atoms with E-state index in [0.29, 0.717) is 17.0 Å². The quantitative estimate of drug-likeness (QED) is 0.376. The van der Waals surface area contributed by atoms with Gasteiger partial charge in [-0.15, -0.1) is 0 Å². The van der Waals surface area contributed by atoms with Crippen molar-refractivity contribution >= 4 is 15.9 Å². The van der Waals surface area contributed by atoms with Crippen molar-refractivity contribution in [2.75, 3.05) is 0 Å². The van der Waals surface area contributed by atoms with Crippen molar-refractivity contribution in [1.82, 2.24) is 10.2 Å². The number of phenolic OH excluding ortho intramolecular Hbond substituents is 1. The van der Waals surface area contributed by atoms with Gasteiger partial charge in [0.25, 0.3) is 0 Å². The molecule has 0 radical (unpaired) electrons. The lowest BCUT2D eigenvalue weighted by Crippen LogP contribution is -1.95. The fourth-order valence-electron chi connectivity index (χ4n) is 3.14. The van der Waals surface area contributed by atoms with E-state index in [1.54, 1.807) is 30.3 Å². The van der Waals surface area contributed by atoms with Crippen molar-refractivity contribution in [3.05, 3.63) is 88.3 Å². The summed E-state index contributed by atoms with van der Waals surface area (Å²) in [6, 6.07) is 19.2. The number of H-pyrrole nitrogens is 1. The van der Waals surface area contributed by atoms with Gasteiger partial charge in [0, 0.05) is 27.4 Å². The van der Waals surface area contributed by atoms with E-state index >= 15 is 0 Å². The third-order valence-corrected chi connectivity index (χ3v) is 5.15. The van der Waals surface area contributed by atoms with Crippen molar-refractivity contribution in [3.63, 3.8) is 0 Å². The van der Waals surface area contributed by atoms with Gasteiger partial charge in [-0.2, -0.15) is 5.10 Å². The molecule has 146 valence electrons. The number of aromatic hydroxyl groups is 1. The summed E-state index contributed by atoms with van der Waals surface area (Å²) in [5, 5.41) is 18.0. The zero-order chi connectivity index (χ0) is 20.4. The van der Waals surface area contributed by atoms with E-state index < -0.39 is 0 Å². The summed E-state index contributed by atoms with van der Waals surface area (Å²) in [6.07, 6.45) is 0. The number of aromatic amines is 1. The van der Waals surface area contributed by atoms with E-state index in [0.717, 1.165) is 26.9 Å². The molecule has 0 saturated carbocycles. The van der Waals surface area contributed by atoms with Crippen molar-refractivity contribution < 1.29 is 14.2 Å². The molecule has 1 heterocycles. The first kappa shape index (κ1) is 19.2. The van der Waals surface area contributed by atoms with Crippen LogP contribution >= 0.6 is 15.9 Å². The van der Waals surface area contributed by atoms with Crippen LogP contribution in [0.25, 0.3) is 22.4 Å². The monoisotopic (exact) mass is 452 g/mol. The maximum absolute atomic E-state index is 13.0. The van der Waals surface area contributed by atoms with Crippen LogP contribution in [-0.2, 0) is 6.61 Å². The Balaban J connectivity index is 1.60. The summed E-state index contributed by atoms with van der Waals surface area (Å²) in [5.41, 5.74) is 4.99. The Morgan fingerprint density at radius 3 is 2.45 bits per heavy atom. The number of hydrogen-bond donors (Lipinski definition) is 2. The number of rotatable bonds is 5. The van der Waals surface area contributed by atoms with Crippen molar-refractivity contribution in [1.29, 1.82) is 0 Å². The lowest BCUT2D eigenvalue weighted by Gasteiger charge is -2.10. The van der Waals surface area contributed by atoms with Crippen LogP contribution in [0, 0.1) is 12.7 Å². The molecule has 4 aromatic rings. The van der Waals surface area contributed by atoms with E-state index in [1.165, 1.54) is 12.1 Å². The first-order chi connectivity index (χ1) is 14.0. The minimum atomic E-state index is -0.286. The van der Waals surface area contributed by atoms with Gasteiger partial charge in [0.2, 0.25) is 0 Å². The number of benzene rings is 3. The molecule has 0 bridgehead atoms. The fourth-order valence-corrected chi connectivity index (χ4v) is 3.41. The first-order valence-corrected chi connectivity index (χ1v) is 9.82. The van der Waals surface area contributed by atoms with Gasteiger partial charge in [0.05, 0.1) is 0 Å². The Labute approximate surface area is 176 Å². The summed E-state index contributed by atoms with van der Waals surface area (Å²) >= 11 is 3.45. The summed E-state index contributed by atoms with van der Waals surface area (Å²) < 4.78 is 19.7. The highest BCUT2D eigenvalue weighted by molar-refractivity contribution is 9.10. The molecule has 0 aliphatic heterocycles. The maximum Gasteiger partial charge on any atom is 0.128 e. The zero-order valence-corrected chi connectivity index (χ0v) is 17.2. The van der Waals surface area contributed by atoms with Crippen molar-refractivity contribution in [2.45, 2.75) is 13.5 Å². The molecule has 0 unspecified atom stereocenters. The molecule has 2 N–H and O–H groups in total. The van der Waals surface area contributed by atoms with Gasteiger partial charge in [0.15, 0.2) is 0 Å². The summed E-state index contributed by atoms with van der Waals surface area (Å²) in [6.45, 7) is 2.23. The number of ether oxygens (including phenoxy) is 1. The second kappa shape index (κ2) is 8.09. The molecular weight excluding hydrogens is 435 g/mol. The average Bonchev–Trinajstić information content (AvgIpc) is 3.09. The number of halogens is 2. The summed E-state index contributed by atoms with van der Waals surface area (Å²) in [5.74, 6) is 0.311. The van der Waals surface area contributed by atoms with Gasteiger partial charge < -0.3 is 9.84 Å². The Kier molecular flexibility index (Phi) is 5.36. The number of phenols is 1. The van der Waals surface area contributed by atoms with Crippen LogP contribution in [-0.4, -0.2) is 15.3 Å². The maximum atomic E-state index is 13.0. The second-order valence-corrected chi connectivity index (χ2v) is 7.59. The van der Waals surface area contributed by atoms with Crippen LogP contribution in [0.4, 0.5) is 4.39 Å².